The van der Waals surface area contributed by atoms with Gasteiger partial charge in [-0.05, 0) is 38.5 Å². The first-order valence-electron chi connectivity index (χ1n) is 8.52. The highest BCUT2D eigenvalue weighted by molar-refractivity contribution is 6.35. The van der Waals surface area contributed by atoms with Crippen molar-refractivity contribution < 1.29 is 14.3 Å². The lowest BCUT2D eigenvalue weighted by molar-refractivity contribution is -0.0951. The van der Waals surface area contributed by atoms with Gasteiger partial charge in [0.2, 0.25) is 0 Å². The van der Waals surface area contributed by atoms with Gasteiger partial charge in [0.25, 0.3) is 0 Å². The molecule has 0 aromatic heterocycles. The van der Waals surface area contributed by atoms with Gasteiger partial charge in [0, 0.05) is 48.2 Å². The minimum atomic E-state index is -0.492. The van der Waals surface area contributed by atoms with Crippen LogP contribution in [0.15, 0.2) is 18.2 Å². The molecule has 3 rings (SSSR count). The van der Waals surface area contributed by atoms with E-state index in [0.29, 0.717) is 42.8 Å². The number of benzene rings is 1. The standard InChI is InChI=1S/C18H23Cl2N3O3/c1-17(2,3)26-16(25)23-10-18(11-23)8-22(9-18)15(24)21-7-12-4-5-13(19)6-14(12)20/h4-6H,7-11H2,1-3H3,(H,21,24). The molecule has 26 heavy (non-hydrogen) atoms. The molecule has 0 aliphatic carbocycles. The summed E-state index contributed by atoms with van der Waals surface area (Å²) in [5, 5.41) is 3.96. The van der Waals surface area contributed by atoms with Gasteiger partial charge >= 0.3 is 12.1 Å². The maximum atomic E-state index is 12.2. The molecule has 0 atom stereocenters. The second kappa shape index (κ2) is 6.82. The number of hydrogen-bond acceptors (Lipinski definition) is 3. The molecule has 2 saturated heterocycles. The second-order valence-corrected chi connectivity index (χ2v) is 8.93. The lowest BCUT2D eigenvalue weighted by Crippen LogP contribution is -2.74. The molecule has 1 N–H and O–H groups in total. The molecular weight excluding hydrogens is 377 g/mol. The van der Waals surface area contributed by atoms with Crippen LogP contribution in [0.4, 0.5) is 9.59 Å². The van der Waals surface area contributed by atoms with Crippen molar-refractivity contribution in [2.75, 3.05) is 26.2 Å². The van der Waals surface area contributed by atoms with Crippen LogP contribution in [0.3, 0.4) is 0 Å². The number of amides is 3. The molecule has 0 bridgehead atoms. The predicted molar refractivity (Wildman–Crippen MR) is 101 cm³/mol. The number of ether oxygens (including phenoxy) is 1. The highest BCUT2D eigenvalue weighted by atomic mass is 35.5. The maximum absolute atomic E-state index is 12.2. The van der Waals surface area contributed by atoms with Crippen LogP contribution in [0.1, 0.15) is 26.3 Å². The van der Waals surface area contributed by atoms with Crippen molar-refractivity contribution in [2.24, 2.45) is 5.41 Å². The van der Waals surface area contributed by atoms with E-state index in [2.05, 4.69) is 5.32 Å². The molecule has 6 nitrogen and oxygen atoms in total. The first-order valence-corrected chi connectivity index (χ1v) is 9.27. The molecule has 2 fully saturated rings. The van der Waals surface area contributed by atoms with E-state index in [-0.39, 0.29) is 17.5 Å². The highest BCUT2D eigenvalue weighted by Gasteiger charge is 2.55. The van der Waals surface area contributed by atoms with Crippen molar-refractivity contribution in [2.45, 2.75) is 32.9 Å². The first kappa shape index (κ1) is 19.1. The van der Waals surface area contributed by atoms with Crippen LogP contribution >= 0.6 is 23.2 Å². The topological polar surface area (TPSA) is 61.9 Å². The van der Waals surface area contributed by atoms with Crippen LogP contribution in [-0.2, 0) is 11.3 Å². The Morgan fingerprint density at radius 1 is 1.15 bits per heavy atom. The van der Waals surface area contributed by atoms with Crippen molar-refractivity contribution in [3.05, 3.63) is 33.8 Å². The third-order valence-corrected chi connectivity index (χ3v) is 5.08. The van der Waals surface area contributed by atoms with Crippen LogP contribution in [0.2, 0.25) is 10.0 Å². The molecule has 1 aromatic rings. The second-order valence-electron chi connectivity index (χ2n) is 8.09. The van der Waals surface area contributed by atoms with E-state index in [9.17, 15) is 9.59 Å². The Balaban J connectivity index is 1.41. The van der Waals surface area contributed by atoms with Gasteiger partial charge in [-0.2, -0.15) is 0 Å². The van der Waals surface area contributed by atoms with Gasteiger partial charge < -0.3 is 19.9 Å². The highest BCUT2D eigenvalue weighted by Crippen LogP contribution is 2.40. The largest absolute Gasteiger partial charge is 0.444 e. The molecule has 2 aliphatic rings. The van der Waals surface area contributed by atoms with E-state index in [0.717, 1.165) is 5.56 Å². The molecule has 1 spiro atoms. The average molecular weight is 400 g/mol. The van der Waals surface area contributed by atoms with E-state index < -0.39 is 5.60 Å². The third-order valence-electron chi connectivity index (χ3n) is 4.49. The Hall–Kier alpha value is -1.66. The molecular formula is C18H23Cl2N3O3. The van der Waals surface area contributed by atoms with E-state index in [4.69, 9.17) is 27.9 Å². The maximum Gasteiger partial charge on any atom is 0.410 e. The number of nitrogens with zero attached hydrogens (tertiary/aromatic N) is 2. The van der Waals surface area contributed by atoms with Crippen LogP contribution in [0.25, 0.3) is 0 Å². The summed E-state index contributed by atoms with van der Waals surface area (Å²) in [7, 11) is 0. The summed E-state index contributed by atoms with van der Waals surface area (Å²) in [5.74, 6) is 0. The van der Waals surface area contributed by atoms with Crippen LogP contribution in [-0.4, -0.2) is 53.7 Å². The fourth-order valence-electron chi connectivity index (χ4n) is 3.27. The minimum absolute atomic E-state index is 0.0200. The van der Waals surface area contributed by atoms with E-state index >= 15 is 0 Å². The number of carbonyl (C=O) groups excluding carboxylic acids is 2. The average Bonchev–Trinajstić information content (AvgIpc) is 2.41. The molecule has 0 unspecified atom stereocenters. The molecule has 2 heterocycles. The molecule has 8 heteroatoms. The van der Waals surface area contributed by atoms with E-state index in [1.807, 2.05) is 20.8 Å². The number of rotatable bonds is 2. The van der Waals surface area contributed by atoms with Gasteiger partial charge in [-0.25, -0.2) is 9.59 Å². The summed E-state index contributed by atoms with van der Waals surface area (Å²) < 4.78 is 5.36. The number of carbonyl (C=O) groups is 2. The molecule has 2 aliphatic heterocycles. The van der Waals surface area contributed by atoms with Gasteiger partial charge in [-0.15, -0.1) is 0 Å². The molecule has 1 aromatic carbocycles. The van der Waals surface area contributed by atoms with Crippen molar-refractivity contribution in [1.29, 1.82) is 0 Å². The Morgan fingerprint density at radius 2 is 1.77 bits per heavy atom. The van der Waals surface area contributed by atoms with Crippen molar-refractivity contribution in [1.82, 2.24) is 15.1 Å². The summed E-state index contributed by atoms with van der Waals surface area (Å²) in [6, 6.07) is 5.07. The number of urea groups is 1. The Morgan fingerprint density at radius 3 is 2.35 bits per heavy atom. The van der Waals surface area contributed by atoms with Gasteiger partial charge in [0.1, 0.15) is 5.60 Å². The summed E-state index contributed by atoms with van der Waals surface area (Å²) in [6.45, 7) is 8.46. The molecule has 142 valence electrons. The Kier molecular flexibility index (Phi) is 5.01. The Bertz CT molecular complexity index is 719. The fraction of sp³-hybridized carbons (Fsp3) is 0.556. The van der Waals surface area contributed by atoms with Crippen molar-refractivity contribution in [3.63, 3.8) is 0 Å². The summed E-state index contributed by atoms with van der Waals surface area (Å²) in [5.41, 5.74) is 0.347. The quantitative estimate of drug-likeness (QED) is 0.823. The van der Waals surface area contributed by atoms with Crippen LogP contribution < -0.4 is 5.32 Å². The Labute approximate surface area is 163 Å². The number of halogens is 2. The van der Waals surface area contributed by atoms with Gasteiger partial charge in [0.05, 0.1) is 0 Å². The zero-order valence-electron chi connectivity index (χ0n) is 15.1. The SMILES string of the molecule is CC(C)(C)OC(=O)N1CC2(CN(C(=O)NCc3ccc(Cl)cc3Cl)C2)C1. The van der Waals surface area contributed by atoms with Crippen LogP contribution in [0, 0.1) is 5.41 Å². The smallest absolute Gasteiger partial charge is 0.410 e. The fourth-order valence-corrected chi connectivity index (χ4v) is 3.75. The number of nitrogens with one attached hydrogen (secondary N) is 1. The number of likely N-dealkylation sites (tertiary alicyclic amines) is 2. The lowest BCUT2D eigenvalue weighted by atomic mass is 9.73. The van der Waals surface area contributed by atoms with Crippen LogP contribution in [0.5, 0.6) is 0 Å². The summed E-state index contributed by atoms with van der Waals surface area (Å²) in [4.78, 5) is 27.7. The van der Waals surface area contributed by atoms with Gasteiger partial charge in [-0.3, -0.25) is 0 Å². The normalized spacial score (nSPS) is 18.2. The lowest BCUT2D eigenvalue weighted by Gasteiger charge is -2.59. The van der Waals surface area contributed by atoms with Gasteiger partial charge in [0.15, 0.2) is 0 Å². The molecule has 0 radical (unpaired) electrons. The zero-order chi connectivity index (χ0) is 19.1. The number of hydrogen-bond donors (Lipinski definition) is 1. The van der Waals surface area contributed by atoms with Crippen molar-refractivity contribution >= 4 is 35.3 Å². The summed E-state index contributed by atoms with van der Waals surface area (Å²) >= 11 is 12.0. The zero-order valence-corrected chi connectivity index (χ0v) is 16.7. The predicted octanol–water partition coefficient (Wildman–Crippen LogP) is 3.76. The first-order chi connectivity index (χ1) is 12.1. The molecule has 0 saturated carbocycles. The summed E-state index contributed by atoms with van der Waals surface area (Å²) in [6.07, 6.45) is -0.289. The van der Waals surface area contributed by atoms with Gasteiger partial charge in [-0.1, -0.05) is 29.3 Å². The van der Waals surface area contributed by atoms with E-state index in [1.54, 1.807) is 28.0 Å². The van der Waals surface area contributed by atoms with E-state index in [1.165, 1.54) is 0 Å². The minimum Gasteiger partial charge on any atom is -0.444 e. The molecule has 3 amide bonds. The third kappa shape index (κ3) is 4.18. The van der Waals surface area contributed by atoms with Crippen molar-refractivity contribution in [3.8, 4) is 0 Å². The monoisotopic (exact) mass is 399 g/mol.